The number of likely N-dealkylation sites (tertiary alicyclic amines) is 1. The van der Waals surface area contributed by atoms with E-state index in [-0.39, 0.29) is 35.9 Å². The minimum absolute atomic E-state index is 0. The zero-order valence-electron chi connectivity index (χ0n) is 16.4. The summed E-state index contributed by atoms with van der Waals surface area (Å²) in [6.07, 6.45) is 3.59. The maximum absolute atomic E-state index is 11.7. The van der Waals surface area contributed by atoms with E-state index in [0.717, 1.165) is 51.5 Å². The predicted octanol–water partition coefficient (Wildman–Crippen LogP) is 2.78. The second-order valence-electron chi connectivity index (χ2n) is 6.57. The molecule has 6 nitrogen and oxygen atoms in total. The van der Waals surface area contributed by atoms with Gasteiger partial charge in [-0.2, -0.15) is 0 Å². The molecule has 1 atom stereocenters. The molecule has 0 aromatic heterocycles. The average Bonchev–Trinajstić information content (AvgIpc) is 3.15. The number of unbranched alkanes of at least 4 members (excludes halogenated alkanes) is 1. The van der Waals surface area contributed by atoms with Crippen molar-refractivity contribution in [2.24, 2.45) is 4.99 Å². The fourth-order valence-electron chi connectivity index (χ4n) is 3.02. The van der Waals surface area contributed by atoms with E-state index in [2.05, 4.69) is 27.8 Å². The van der Waals surface area contributed by atoms with Crippen LogP contribution in [-0.2, 0) is 16.1 Å². The monoisotopic (exact) mass is 488 g/mol. The van der Waals surface area contributed by atoms with Crippen LogP contribution < -0.4 is 10.6 Å². The summed E-state index contributed by atoms with van der Waals surface area (Å²) in [6, 6.07) is 10.5. The van der Waals surface area contributed by atoms with Gasteiger partial charge in [0.2, 0.25) is 5.91 Å². The number of guanidine groups is 1. The molecule has 1 aromatic carbocycles. The number of amides is 1. The Morgan fingerprint density at radius 2 is 2.07 bits per heavy atom. The standard InChI is InChI=1S/C20H32N4O2.HI/c1-3-19(25)24-13-11-18(15-24)23-20(21-2)22-12-7-8-14-26-16-17-9-5-4-6-10-17;/h4-6,9-10,18H,3,7-8,11-16H2,1-2H3,(H2,21,22,23);1H. The van der Waals surface area contributed by atoms with E-state index in [4.69, 9.17) is 4.74 Å². The molecule has 27 heavy (non-hydrogen) atoms. The second-order valence-corrected chi connectivity index (χ2v) is 6.57. The quantitative estimate of drug-likeness (QED) is 0.243. The van der Waals surface area contributed by atoms with Crippen molar-refractivity contribution < 1.29 is 9.53 Å². The lowest BCUT2D eigenvalue weighted by atomic mass is 10.2. The summed E-state index contributed by atoms with van der Waals surface area (Å²) in [5.74, 6) is 1.04. The van der Waals surface area contributed by atoms with Crippen molar-refractivity contribution in [2.75, 3.05) is 33.3 Å². The Kier molecular flexibility index (Phi) is 12.1. The summed E-state index contributed by atoms with van der Waals surface area (Å²) in [5, 5.41) is 6.75. The Hall–Kier alpha value is -1.35. The van der Waals surface area contributed by atoms with Crippen molar-refractivity contribution in [3.63, 3.8) is 0 Å². The van der Waals surface area contributed by atoms with Crippen LogP contribution in [0.3, 0.4) is 0 Å². The highest BCUT2D eigenvalue weighted by molar-refractivity contribution is 14.0. The number of hydrogen-bond acceptors (Lipinski definition) is 3. The van der Waals surface area contributed by atoms with E-state index < -0.39 is 0 Å². The van der Waals surface area contributed by atoms with Gasteiger partial charge in [0.15, 0.2) is 5.96 Å². The largest absolute Gasteiger partial charge is 0.377 e. The van der Waals surface area contributed by atoms with Crippen molar-refractivity contribution in [2.45, 2.75) is 45.3 Å². The van der Waals surface area contributed by atoms with Crippen LogP contribution in [0.15, 0.2) is 35.3 Å². The van der Waals surface area contributed by atoms with E-state index in [1.54, 1.807) is 7.05 Å². The van der Waals surface area contributed by atoms with Gasteiger partial charge in [0.05, 0.1) is 6.61 Å². The molecule has 1 unspecified atom stereocenters. The summed E-state index contributed by atoms with van der Waals surface area (Å²) >= 11 is 0. The summed E-state index contributed by atoms with van der Waals surface area (Å²) in [6.45, 7) is 5.80. The smallest absolute Gasteiger partial charge is 0.222 e. The van der Waals surface area contributed by atoms with E-state index >= 15 is 0 Å². The van der Waals surface area contributed by atoms with E-state index in [0.29, 0.717) is 13.0 Å². The number of benzene rings is 1. The minimum atomic E-state index is 0. The number of carbonyl (C=O) groups excluding carboxylic acids is 1. The third-order valence-corrected chi connectivity index (χ3v) is 4.53. The van der Waals surface area contributed by atoms with Crippen molar-refractivity contribution in [3.05, 3.63) is 35.9 Å². The molecule has 2 N–H and O–H groups in total. The third-order valence-electron chi connectivity index (χ3n) is 4.53. The van der Waals surface area contributed by atoms with Gasteiger partial charge in [-0.3, -0.25) is 9.79 Å². The van der Waals surface area contributed by atoms with Gasteiger partial charge in [-0.15, -0.1) is 24.0 Å². The summed E-state index contributed by atoms with van der Waals surface area (Å²) in [5.41, 5.74) is 1.21. The Bertz CT molecular complexity index is 568. The normalized spacial score (nSPS) is 16.7. The first-order chi connectivity index (χ1) is 12.7. The molecule has 1 aliphatic rings. The molecular formula is C20H33IN4O2. The van der Waals surface area contributed by atoms with Crippen LogP contribution in [0.1, 0.15) is 38.2 Å². The maximum atomic E-state index is 11.7. The van der Waals surface area contributed by atoms with Crippen LogP contribution in [0, 0.1) is 0 Å². The maximum Gasteiger partial charge on any atom is 0.222 e. The molecule has 1 amide bonds. The van der Waals surface area contributed by atoms with Crippen LogP contribution in [0.25, 0.3) is 0 Å². The molecule has 0 radical (unpaired) electrons. The summed E-state index contributed by atoms with van der Waals surface area (Å²) < 4.78 is 5.69. The van der Waals surface area contributed by atoms with Gasteiger partial charge in [0.1, 0.15) is 0 Å². The molecule has 0 bridgehead atoms. The van der Waals surface area contributed by atoms with Gasteiger partial charge >= 0.3 is 0 Å². The minimum Gasteiger partial charge on any atom is -0.377 e. The molecule has 1 heterocycles. The Morgan fingerprint density at radius 3 is 2.78 bits per heavy atom. The molecule has 0 spiro atoms. The van der Waals surface area contributed by atoms with Crippen molar-refractivity contribution in [1.29, 1.82) is 0 Å². The highest BCUT2D eigenvalue weighted by atomic mass is 127. The first-order valence-electron chi connectivity index (χ1n) is 9.59. The zero-order valence-corrected chi connectivity index (χ0v) is 18.8. The number of hydrogen-bond donors (Lipinski definition) is 2. The Balaban J connectivity index is 0.00000364. The van der Waals surface area contributed by atoms with Crippen LogP contribution in [0.4, 0.5) is 0 Å². The van der Waals surface area contributed by atoms with E-state index in [1.165, 1.54) is 5.56 Å². The van der Waals surface area contributed by atoms with E-state index in [9.17, 15) is 4.79 Å². The van der Waals surface area contributed by atoms with Crippen LogP contribution in [-0.4, -0.2) is 56.1 Å². The van der Waals surface area contributed by atoms with Gasteiger partial charge < -0.3 is 20.3 Å². The van der Waals surface area contributed by atoms with Crippen molar-refractivity contribution in [3.8, 4) is 0 Å². The van der Waals surface area contributed by atoms with Gasteiger partial charge in [-0.1, -0.05) is 37.3 Å². The van der Waals surface area contributed by atoms with Gasteiger partial charge in [-0.05, 0) is 24.8 Å². The molecule has 2 rings (SSSR count). The van der Waals surface area contributed by atoms with Gasteiger partial charge in [-0.25, -0.2) is 0 Å². The van der Waals surface area contributed by atoms with Crippen molar-refractivity contribution >= 4 is 35.8 Å². The lowest BCUT2D eigenvalue weighted by Crippen LogP contribution is -2.45. The zero-order chi connectivity index (χ0) is 18.6. The number of halogens is 1. The molecule has 7 heteroatoms. The molecule has 1 aliphatic heterocycles. The fraction of sp³-hybridized carbons (Fsp3) is 0.600. The molecule has 0 aliphatic carbocycles. The number of nitrogens with zero attached hydrogens (tertiary/aromatic N) is 2. The fourth-order valence-corrected chi connectivity index (χ4v) is 3.02. The number of nitrogens with one attached hydrogen (secondary N) is 2. The molecule has 1 aromatic rings. The topological polar surface area (TPSA) is 66.0 Å². The van der Waals surface area contributed by atoms with E-state index in [1.807, 2.05) is 30.0 Å². The number of ether oxygens (including phenoxy) is 1. The molecule has 0 saturated carbocycles. The number of carbonyl (C=O) groups is 1. The highest BCUT2D eigenvalue weighted by Crippen LogP contribution is 2.10. The van der Waals surface area contributed by atoms with Gasteiger partial charge in [0, 0.05) is 45.8 Å². The lowest BCUT2D eigenvalue weighted by Gasteiger charge is -2.18. The number of rotatable bonds is 9. The predicted molar refractivity (Wildman–Crippen MR) is 121 cm³/mol. The van der Waals surface area contributed by atoms with Crippen LogP contribution >= 0.6 is 24.0 Å². The molecule has 1 fully saturated rings. The SMILES string of the molecule is CCC(=O)N1CCC(NC(=NC)NCCCCOCc2ccccc2)C1.I. The first-order valence-corrected chi connectivity index (χ1v) is 9.59. The third kappa shape index (κ3) is 8.92. The molecule has 152 valence electrons. The van der Waals surface area contributed by atoms with Gasteiger partial charge in [0.25, 0.3) is 0 Å². The number of aliphatic imine (C=N–C) groups is 1. The molecular weight excluding hydrogens is 455 g/mol. The summed E-state index contributed by atoms with van der Waals surface area (Å²) in [4.78, 5) is 17.9. The summed E-state index contributed by atoms with van der Waals surface area (Å²) in [7, 11) is 1.78. The highest BCUT2D eigenvalue weighted by Gasteiger charge is 2.25. The average molecular weight is 488 g/mol. The van der Waals surface area contributed by atoms with Crippen LogP contribution in [0.5, 0.6) is 0 Å². The van der Waals surface area contributed by atoms with Crippen molar-refractivity contribution in [1.82, 2.24) is 15.5 Å². The Labute approximate surface area is 180 Å². The van der Waals surface area contributed by atoms with Crippen LogP contribution in [0.2, 0.25) is 0 Å². The Morgan fingerprint density at radius 1 is 1.30 bits per heavy atom. The second kappa shape index (κ2) is 13.8. The molecule has 1 saturated heterocycles. The first kappa shape index (κ1) is 23.7. The lowest BCUT2D eigenvalue weighted by molar-refractivity contribution is -0.129.